The zero-order valence-corrected chi connectivity index (χ0v) is 20.8. The zero-order chi connectivity index (χ0) is 26.4. The van der Waals surface area contributed by atoms with Crippen LogP contribution in [-0.4, -0.2) is 36.0 Å². The van der Waals surface area contributed by atoms with Gasteiger partial charge in [0.25, 0.3) is 0 Å². The summed E-state index contributed by atoms with van der Waals surface area (Å²) in [5.41, 5.74) is 0.626. The van der Waals surface area contributed by atoms with E-state index in [1.165, 1.54) is 13.2 Å². The number of fused-ring (bicyclic) bond motifs is 2. The normalized spacial score (nSPS) is 11.8. The number of hydrogen-bond donors (Lipinski definition) is 0. The van der Waals surface area contributed by atoms with Gasteiger partial charge in [0.2, 0.25) is 0 Å². The molecule has 7 nitrogen and oxygen atoms in total. The molecule has 0 atom stereocenters. The lowest BCUT2D eigenvalue weighted by molar-refractivity contribution is -0.142. The Hall–Kier alpha value is -3.69. The topological polar surface area (TPSA) is 75.7 Å². The average molecular weight is 519 g/mol. The van der Waals surface area contributed by atoms with Crippen LogP contribution in [-0.2, 0) is 28.7 Å². The van der Waals surface area contributed by atoms with Crippen LogP contribution in [0.1, 0.15) is 43.9 Å². The maximum absolute atomic E-state index is 13.2. The number of methoxy groups -OCH3 is 1. The van der Waals surface area contributed by atoms with Gasteiger partial charge in [-0.05, 0) is 56.0 Å². The van der Waals surface area contributed by atoms with Crippen LogP contribution in [0.25, 0.3) is 21.9 Å². The van der Waals surface area contributed by atoms with E-state index in [4.69, 9.17) is 18.7 Å². The van der Waals surface area contributed by atoms with Crippen molar-refractivity contribution in [1.29, 1.82) is 0 Å². The van der Waals surface area contributed by atoms with E-state index < -0.39 is 11.9 Å². The molecule has 2 aromatic heterocycles. The van der Waals surface area contributed by atoms with Gasteiger partial charge in [0.1, 0.15) is 18.0 Å². The van der Waals surface area contributed by atoms with Crippen LogP contribution in [0.15, 0.2) is 47.1 Å². The van der Waals surface area contributed by atoms with Crippen molar-refractivity contribution in [2.75, 3.05) is 20.3 Å². The Morgan fingerprint density at radius 2 is 1.76 bits per heavy atom. The fourth-order valence-corrected chi connectivity index (χ4v) is 4.28. The Kier molecular flexibility index (Phi) is 8.25. The van der Waals surface area contributed by atoms with Crippen molar-refractivity contribution in [2.45, 2.75) is 51.7 Å². The van der Waals surface area contributed by atoms with Gasteiger partial charge in [-0.15, -0.1) is 0 Å². The first kappa shape index (κ1) is 26.4. The molecule has 0 aliphatic rings. The number of halogens is 3. The van der Waals surface area contributed by atoms with Crippen LogP contribution in [0.5, 0.6) is 11.5 Å². The minimum Gasteiger partial charge on any atom is -0.493 e. The largest absolute Gasteiger partial charge is 0.493 e. The molecule has 0 aliphatic carbocycles. The number of ether oxygens (including phenoxy) is 3. The number of benzene rings is 2. The molecular formula is C27H29F3N2O5. The molecule has 4 rings (SSSR count). The molecular weight excluding hydrogens is 489 g/mol. The first-order chi connectivity index (χ1) is 17.8. The van der Waals surface area contributed by atoms with Gasteiger partial charge in [-0.2, -0.15) is 13.2 Å². The van der Waals surface area contributed by atoms with E-state index in [0.717, 1.165) is 42.3 Å². The van der Waals surface area contributed by atoms with Crippen molar-refractivity contribution in [3.8, 4) is 11.5 Å². The van der Waals surface area contributed by atoms with E-state index in [1.54, 1.807) is 6.07 Å². The molecule has 198 valence electrons. The highest BCUT2D eigenvalue weighted by Gasteiger charge is 2.37. The van der Waals surface area contributed by atoms with Crippen LogP contribution < -0.4 is 9.47 Å². The number of hydrogen-bond acceptors (Lipinski definition) is 6. The highest BCUT2D eigenvalue weighted by atomic mass is 19.4. The lowest BCUT2D eigenvalue weighted by Crippen LogP contribution is -2.10. The van der Waals surface area contributed by atoms with Crippen LogP contribution in [0, 0.1) is 0 Å². The third kappa shape index (κ3) is 6.00. The molecule has 0 spiro atoms. The summed E-state index contributed by atoms with van der Waals surface area (Å²) in [7, 11) is 1.36. The maximum Gasteiger partial charge on any atom is 0.437 e. The number of carbonyl (C=O) groups excluding carboxylic acids is 1. The van der Waals surface area contributed by atoms with Crippen molar-refractivity contribution < 1.29 is 36.7 Å². The lowest BCUT2D eigenvalue weighted by atomic mass is 10.0. The van der Waals surface area contributed by atoms with Gasteiger partial charge in [0.15, 0.2) is 11.3 Å². The highest BCUT2D eigenvalue weighted by Crippen LogP contribution is 2.38. The second kappa shape index (κ2) is 11.6. The Labute approximate surface area is 212 Å². The number of aromatic nitrogens is 2. The van der Waals surface area contributed by atoms with Crippen molar-refractivity contribution >= 4 is 27.8 Å². The monoisotopic (exact) mass is 518 g/mol. The summed E-state index contributed by atoms with van der Waals surface area (Å²) in [6.07, 6.45) is 0.937. The molecule has 2 aromatic carbocycles. The first-order valence-corrected chi connectivity index (χ1v) is 12.2. The van der Waals surface area contributed by atoms with Gasteiger partial charge in [-0.1, -0.05) is 24.6 Å². The van der Waals surface area contributed by atoms with Crippen LogP contribution >= 0.6 is 0 Å². The first-order valence-electron chi connectivity index (χ1n) is 12.2. The van der Waals surface area contributed by atoms with Crippen LogP contribution in [0.3, 0.4) is 0 Å². The third-order valence-corrected chi connectivity index (χ3v) is 6.07. The van der Waals surface area contributed by atoms with Gasteiger partial charge < -0.3 is 23.3 Å². The fraction of sp³-hybridized carbons (Fsp3) is 0.407. The molecule has 0 radical (unpaired) electrons. The second-order valence-corrected chi connectivity index (χ2v) is 8.66. The van der Waals surface area contributed by atoms with E-state index in [9.17, 15) is 18.0 Å². The number of rotatable bonds is 12. The number of carbonyl (C=O) groups is 1. The smallest absolute Gasteiger partial charge is 0.437 e. The molecule has 0 saturated heterocycles. The molecule has 0 unspecified atom stereocenters. The summed E-state index contributed by atoms with van der Waals surface area (Å²) in [4.78, 5) is 11.6. The molecule has 37 heavy (non-hydrogen) atoms. The molecule has 0 N–H and O–H groups in total. The summed E-state index contributed by atoms with van der Waals surface area (Å²) >= 11 is 0. The predicted octanol–water partition coefficient (Wildman–Crippen LogP) is 6.55. The predicted molar refractivity (Wildman–Crippen MR) is 132 cm³/mol. The Morgan fingerprint density at radius 3 is 2.46 bits per heavy atom. The zero-order valence-electron chi connectivity index (χ0n) is 20.8. The minimum atomic E-state index is -4.57. The third-order valence-electron chi connectivity index (χ3n) is 6.07. The summed E-state index contributed by atoms with van der Waals surface area (Å²) in [6.45, 7) is 3.02. The maximum atomic E-state index is 13.2. The Morgan fingerprint density at radius 1 is 1.00 bits per heavy atom. The van der Waals surface area contributed by atoms with E-state index in [-0.39, 0.29) is 23.5 Å². The number of esters is 1. The molecule has 0 amide bonds. The summed E-state index contributed by atoms with van der Waals surface area (Å²) < 4.78 is 63.1. The molecule has 0 bridgehead atoms. The summed E-state index contributed by atoms with van der Waals surface area (Å²) in [5, 5.41) is 4.13. The van der Waals surface area contributed by atoms with E-state index >= 15 is 0 Å². The summed E-state index contributed by atoms with van der Waals surface area (Å²) in [5.74, 6) is 0.957. The quantitative estimate of drug-likeness (QED) is 0.156. The standard InChI is InChI=1S/C27H29F3N2O5/c1-3-8-19-23(12-11-20-25(19)37-31-26(20)27(28,29)30)36-16-6-4-5-15-35-22-10-7-9-21-18(22)13-14-32(21)17-24(33)34-2/h7,9-14H,3-6,8,15-17H2,1-2H3. The van der Waals surface area contributed by atoms with Crippen molar-refractivity contribution in [1.82, 2.24) is 9.72 Å². The number of aryl methyl sites for hydroxylation is 1. The lowest BCUT2D eigenvalue weighted by Gasteiger charge is -2.12. The molecule has 0 aliphatic heterocycles. The summed E-state index contributed by atoms with van der Waals surface area (Å²) in [6, 6.07) is 10.5. The van der Waals surface area contributed by atoms with Crippen molar-refractivity contribution in [3.05, 3.63) is 53.9 Å². The van der Waals surface area contributed by atoms with Gasteiger partial charge in [-0.25, -0.2) is 0 Å². The Balaban J connectivity index is 1.28. The van der Waals surface area contributed by atoms with E-state index in [0.29, 0.717) is 30.9 Å². The van der Waals surface area contributed by atoms with Gasteiger partial charge in [-0.3, -0.25) is 4.79 Å². The Bertz CT molecular complexity index is 1360. The van der Waals surface area contributed by atoms with Crippen molar-refractivity contribution in [3.63, 3.8) is 0 Å². The molecule has 10 heteroatoms. The van der Waals surface area contributed by atoms with E-state index in [1.807, 2.05) is 42.0 Å². The van der Waals surface area contributed by atoms with Gasteiger partial charge in [0.05, 0.1) is 31.2 Å². The highest BCUT2D eigenvalue weighted by molar-refractivity contribution is 5.87. The van der Waals surface area contributed by atoms with Gasteiger partial charge >= 0.3 is 12.1 Å². The number of nitrogens with zero attached hydrogens (tertiary/aromatic N) is 2. The minimum absolute atomic E-state index is 0.0453. The molecule has 0 fully saturated rings. The van der Waals surface area contributed by atoms with Crippen LogP contribution in [0.2, 0.25) is 0 Å². The SMILES string of the molecule is CCCc1c(OCCCCCOc2cccc3c2ccn3CC(=O)OC)ccc2c(C(F)(F)F)noc12. The second-order valence-electron chi connectivity index (χ2n) is 8.66. The average Bonchev–Trinajstić information content (AvgIpc) is 3.49. The molecule has 2 heterocycles. The molecule has 0 saturated carbocycles. The van der Waals surface area contributed by atoms with Crippen molar-refractivity contribution in [2.24, 2.45) is 0 Å². The molecule has 4 aromatic rings. The number of unbranched alkanes of at least 4 members (excludes halogenated alkanes) is 2. The number of alkyl halides is 3. The van der Waals surface area contributed by atoms with E-state index in [2.05, 4.69) is 5.16 Å². The fourth-order valence-electron chi connectivity index (χ4n) is 4.28. The van der Waals surface area contributed by atoms with Crippen LogP contribution in [0.4, 0.5) is 13.2 Å². The van der Waals surface area contributed by atoms with Gasteiger partial charge in [0, 0.05) is 17.1 Å².